The molecule has 2 amide bonds. The molecule has 2 N–H and O–H groups in total. The Kier molecular flexibility index (Phi) is 7.13. The lowest BCUT2D eigenvalue weighted by Gasteiger charge is -2.55. The van der Waals surface area contributed by atoms with E-state index in [0.29, 0.717) is 30.6 Å². The van der Waals surface area contributed by atoms with Crippen LogP contribution in [-0.2, 0) is 32.0 Å². The molecule has 6 nitrogen and oxygen atoms in total. The Bertz CT molecular complexity index is 1050. The third-order valence-corrected chi connectivity index (χ3v) is 8.51. The highest BCUT2D eigenvalue weighted by molar-refractivity contribution is 5.92. The summed E-state index contributed by atoms with van der Waals surface area (Å²) in [5, 5.41) is 6.03. The highest BCUT2D eigenvalue weighted by Crippen LogP contribution is 2.60. The zero-order valence-electron chi connectivity index (χ0n) is 21.0. The quantitative estimate of drug-likeness (QED) is 0.526. The number of nitrogens with one attached hydrogen (secondary N) is 2. The second kappa shape index (κ2) is 10.5. The molecular formula is C30H36N2O4. The van der Waals surface area contributed by atoms with E-state index >= 15 is 0 Å². The average Bonchev–Trinajstić information content (AvgIpc) is 2.87. The van der Waals surface area contributed by atoms with E-state index in [9.17, 15) is 14.4 Å². The fraction of sp³-hybridized carbons (Fsp3) is 0.500. The lowest BCUT2D eigenvalue weighted by atomic mass is 9.49. The normalized spacial score (nSPS) is 27.6. The van der Waals surface area contributed by atoms with Gasteiger partial charge in [-0.25, -0.2) is 4.79 Å². The molecule has 4 aliphatic rings. The van der Waals surface area contributed by atoms with Crippen molar-refractivity contribution in [3.05, 3.63) is 71.8 Å². The molecule has 0 aliphatic heterocycles. The minimum atomic E-state index is -0.834. The van der Waals surface area contributed by atoms with Gasteiger partial charge in [-0.15, -0.1) is 0 Å². The van der Waals surface area contributed by atoms with Gasteiger partial charge >= 0.3 is 5.97 Å². The van der Waals surface area contributed by atoms with Crippen LogP contribution in [0.1, 0.15) is 49.7 Å². The van der Waals surface area contributed by atoms with Gasteiger partial charge in [0.05, 0.1) is 7.11 Å². The molecule has 4 bridgehead atoms. The van der Waals surface area contributed by atoms with Gasteiger partial charge in [0.15, 0.2) is 0 Å². The summed E-state index contributed by atoms with van der Waals surface area (Å²) in [7, 11) is 1.32. The Labute approximate surface area is 213 Å². The van der Waals surface area contributed by atoms with Crippen molar-refractivity contribution in [1.82, 2.24) is 10.6 Å². The first kappa shape index (κ1) is 24.5. The topological polar surface area (TPSA) is 84.5 Å². The van der Waals surface area contributed by atoms with Crippen molar-refractivity contribution in [2.75, 3.05) is 7.11 Å². The number of amides is 2. The smallest absolute Gasteiger partial charge is 0.328 e. The van der Waals surface area contributed by atoms with Gasteiger partial charge in [-0.05, 0) is 67.4 Å². The van der Waals surface area contributed by atoms with Gasteiger partial charge < -0.3 is 15.4 Å². The summed E-state index contributed by atoms with van der Waals surface area (Å²) < 4.78 is 4.99. The van der Waals surface area contributed by atoms with E-state index in [4.69, 9.17) is 4.74 Å². The fourth-order valence-electron chi connectivity index (χ4n) is 7.22. The third-order valence-electron chi connectivity index (χ3n) is 8.51. The second-order valence-corrected chi connectivity index (χ2v) is 11.2. The molecule has 0 heterocycles. The number of hydrogen-bond donors (Lipinski definition) is 2. The summed E-state index contributed by atoms with van der Waals surface area (Å²) in [4.78, 5) is 39.9. The molecule has 2 atom stereocenters. The summed E-state index contributed by atoms with van der Waals surface area (Å²) in [6, 6.07) is 17.6. The van der Waals surface area contributed by atoms with Crippen LogP contribution in [0, 0.1) is 23.2 Å². The summed E-state index contributed by atoms with van der Waals surface area (Å²) in [5.74, 6) is 1.06. The number of ether oxygens (including phenoxy) is 1. The molecule has 0 aromatic heterocycles. The van der Waals surface area contributed by atoms with Crippen molar-refractivity contribution >= 4 is 17.8 Å². The maximum atomic E-state index is 13.8. The third kappa shape index (κ3) is 5.32. The number of methoxy groups -OCH3 is 1. The van der Waals surface area contributed by atoms with E-state index < -0.39 is 18.1 Å². The van der Waals surface area contributed by atoms with Gasteiger partial charge in [0.25, 0.3) is 0 Å². The molecule has 4 aliphatic carbocycles. The minimum Gasteiger partial charge on any atom is -0.467 e. The average molecular weight is 489 g/mol. The molecule has 6 heteroatoms. The predicted octanol–water partition coefficient (Wildman–Crippen LogP) is 3.83. The Hall–Kier alpha value is -3.15. The van der Waals surface area contributed by atoms with Crippen LogP contribution in [-0.4, -0.2) is 37.0 Å². The number of carbonyl (C=O) groups excluding carboxylic acids is 3. The molecule has 6 rings (SSSR count). The maximum Gasteiger partial charge on any atom is 0.328 e. The summed E-state index contributed by atoms with van der Waals surface area (Å²) in [5.41, 5.74) is 1.53. The van der Waals surface area contributed by atoms with Gasteiger partial charge in [-0.1, -0.05) is 60.7 Å². The van der Waals surface area contributed by atoms with Crippen molar-refractivity contribution in [2.24, 2.45) is 23.2 Å². The summed E-state index contributed by atoms with van der Waals surface area (Å²) in [6.45, 7) is 0. The van der Waals surface area contributed by atoms with Crippen LogP contribution in [0.25, 0.3) is 0 Å². The van der Waals surface area contributed by atoms with Crippen molar-refractivity contribution < 1.29 is 19.1 Å². The van der Waals surface area contributed by atoms with Crippen molar-refractivity contribution in [2.45, 2.75) is 63.5 Å². The molecule has 36 heavy (non-hydrogen) atoms. The molecule has 190 valence electrons. The lowest BCUT2D eigenvalue weighted by Crippen LogP contribution is -2.59. The van der Waals surface area contributed by atoms with Crippen LogP contribution in [0.15, 0.2) is 60.7 Å². The summed E-state index contributed by atoms with van der Waals surface area (Å²) in [6.07, 6.45) is 7.24. The predicted molar refractivity (Wildman–Crippen MR) is 137 cm³/mol. The molecule has 0 spiro atoms. The van der Waals surface area contributed by atoms with Gasteiger partial charge in [-0.3, -0.25) is 9.59 Å². The van der Waals surface area contributed by atoms with Crippen LogP contribution < -0.4 is 10.6 Å². The highest BCUT2D eigenvalue weighted by Gasteiger charge is 2.55. The number of benzene rings is 2. The Balaban J connectivity index is 1.34. The largest absolute Gasteiger partial charge is 0.467 e. The van der Waals surface area contributed by atoms with E-state index in [1.54, 1.807) is 0 Å². The van der Waals surface area contributed by atoms with Gasteiger partial charge in [0, 0.05) is 18.3 Å². The first-order valence-electron chi connectivity index (χ1n) is 13.2. The number of carbonyl (C=O) groups is 3. The molecule has 0 saturated heterocycles. The lowest BCUT2D eigenvalue weighted by molar-refractivity contribution is -0.149. The van der Waals surface area contributed by atoms with Gasteiger partial charge in [0.1, 0.15) is 12.1 Å². The maximum absolute atomic E-state index is 13.8. The number of hydrogen-bond acceptors (Lipinski definition) is 4. The molecule has 4 fully saturated rings. The Morgan fingerprint density at radius 1 is 0.778 bits per heavy atom. The monoisotopic (exact) mass is 488 g/mol. The van der Waals surface area contributed by atoms with Crippen LogP contribution in [0.2, 0.25) is 0 Å². The first-order chi connectivity index (χ1) is 17.4. The zero-order valence-corrected chi connectivity index (χ0v) is 21.0. The van der Waals surface area contributed by atoms with E-state index in [1.807, 2.05) is 60.7 Å². The molecule has 2 aromatic carbocycles. The van der Waals surface area contributed by atoms with Crippen LogP contribution in [0.4, 0.5) is 0 Å². The molecule has 2 aromatic rings. The van der Waals surface area contributed by atoms with E-state index in [1.165, 1.54) is 26.4 Å². The second-order valence-electron chi connectivity index (χ2n) is 11.2. The Morgan fingerprint density at radius 3 is 1.72 bits per heavy atom. The van der Waals surface area contributed by atoms with E-state index in [0.717, 1.165) is 30.4 Å². The first-order valence-corrected chi connectivity index (χ1v) is 13.2. The molecule has 0 radical (unpaired) electrons. The van der Waals surface area contributed by atoms with Crippen LogP contribution in [0.5, 0.6) is 0 Å². The van der Waals surface area contributed by atoms with Gasteiger partial charge in [-0.2, -0.15) is 0 Å². The van der Waals surface area contributed by atoms with E-state index in [-0.39, 0.29) is 17.2 Å². The number of rotatable bonds is 9. The summed E-state index contributed by atoms with van der Waals surface area (Å²) >= 11 is 0. The van der Waals surface area contributed by atoms with Gasteiger partial charge in [0.2, 0.25) is 11.8 Å². The van der Waals surface area contributed by atoms with Crippen molar-refractivity contribution in [3.8, 4) is 0 Å². The zero-order chi connectivity index (χ0) is 25.1. The SMILES string of the molecule is COC(=O)[C@H](Cc1ccccc1)NC(=O)[C@H](Cc1ccccc1)NC(=O)C12CC3CC(CC(C3)C1)C2. The standard InChI is InChI=1S/C30H36N2O4/c1-36-28(34)26(16-21-10-6-3-7-11-21)31-27(33)25(15-20-8-4-2-5-9-20)32-29(35)30-17-22-12-23(18-30)14-24(13-22)19-30/h2-11,22-26H,12-19H2,1H3,(H,31,33)(H,32,35)/t22?,23?,24?,25-,26-,30?/m0/s1. The molecule has 4 saturated carbocycles. The molecular weight excluding hydrogens is 452 g/mol. The van der Waals surface area contributed by atoms with Crippen molar-refractivity contribution in [1.29, 1.82) is 0 Å². The Morgan fingerprint density at radius 2 is 1.25 bits per heavy atom. The van der Waals surface area contributed by atoms with Crippen LogP contribution >= 0.6 is 0 Å². The van der Waals surface area contributed by atoms with E-state index in [2.05, 4.69) is 10.6 Å². The number of esters is 1. The van der Waals surface area contributed by atoms with Crippen LogP contribution in [0.3, 0.4) is 0 Å². The molecule has 0 unspecified atom stereocenters. The van der Waals surface area contributed by atoms with Crippen molar-refractivity contribution in [3.63, 3.8) is 0 Å². The highest BCUT2D eigenvalue weighted by atomic mass is 16.5. The fourth-order valence-corrected chi connectivity index (χ4v) is 7.22. The minimum absolute atomic E-state index is 0.00959.